The Morgan fingerprint density at radius 3 is 2.11 bits per heavy atom. The topological polar surface area (TPSA) is 29.3 Å². The molecule has 0 heterocycles. The molecule has 1 unspecified atom stereocenters. The maximum Gasteiger partial charge on any atom is 0.0473 e. The van der Waals surface area contributed by atoms with Crippen molar-refractivity contribution in [2.45, 2.75) is 52.6 Å². The molecule has 0 aliphatic heterocycles. The van der Waals surface area contributed by atoms with Gasteiger partial charge in [-0.2, -0.15) is 0 Å². The zero-order valence-electron chi connectivity index (χ0n) is 12.3. The Labute approximate surface area is 112 Å². The van der Waals surface area contributed by atoms with E-state index in [0.29, 0.717) is 18.6 Å². The average molecular weight is 248 g/mol. The Morgan fingerprint density at radius 1 is 1.11 bits per heavy atom. The van der Waals surface area contributed by atoms with Crippen LogP contribution >= 0.6 is 0 Å². The van der Waals surface area contributed by atoms with Gasteiger partial charge in [-0.25, -0.2) is 0 Å². The lowest BCUT2D eigenvalue weighted by atomic mass is 10.0. The molecule has 2 nitrogen and oxygen atoms in total. The monoisotopic (exact) mass is 248 g/mol. The lowest BCUT2D eigenvalue weighted by Gasteiger charge is -2.34. The molecule has 0 bridgehead atoms. The molecule has 0 saturated heterocycles. The summed E-state index contributed by atoms with van der Waals surface area (Å²) in [6.45, 7) is 10.7. The van der Waals surface area contributed by atoms with Crippen molar-refractivity contribution in [1.29, 1.82) is 0 Å². The number of rotatable bonds is 7. The number of nitrogens with zero attached hydrogens (tertiary/aromatic N) is 1. The van der Waals surface area contributed by atoms with E-state index in [1.165, 1.54) is 17.5 Å². The van der Waals surface area contributed by atoms with Crippen molar-refractivity contribution < 1.29 is 0 Å². The van der Waals surface area contributed by atoms with Gasteiger partial charge in [0.25, 0.3) is 0 Å². The van der Waals surface area contributed by atoms with Crippen molar-refractivity contribution in [3.05, 3.63) is 35.4 Å². The van der Waals surface area contributed by atoms with Gasteiger partial charge in [-0.1, -0.05) is 38.1 Å². The molecule has 1 aromatic rings. The first-order chi connectivity index (χ1) is 8.63. The summed E-state index contributed by atoms with van der Waals surface area (Å²) in [7, 11) is 0. The smallest absolute Gasteiger partial charge is 0.0473 e. The molecule has 0 aromatic heterocycles. The van der Waals surface area contributed by atoms with Crippen LogP contribution < -0.4 is 5.73 Å². The molecule has 0 aliphatic rings. The highest BCUT2D eigenvalue weighted by Crippen LogP contribution is 2.22. The first kappa shape index (κ1) is 15.2. The number of benzene rings is 1. The molecule has 0 radical (unpaired) electrons. The molecule has 2 N–H and O–H groups in total. The molecular formula is C16H28N2. The third-order valence-electron chi connectivity index (χ3n) is 3.54. The quantitative estimate of drug-likeness (QED) is 0.801. The molecule has 18 heavy (non-hydrogen) atoms. The molecule has 1 aromatic carbocycles. The van der Waals surface area contributed by atoms with Crippen molar-refractivity contribution in [2.24, 2.45) is 5.73 Å². The molecular weight excluding hydrogens is 220 g/mol. The third-order valence-corrected chi connectivity index (χ3v) is 3.54. The summed E-state index contributed by atoms with van der Waals surface area (Å²) < 4.78 is 0. The second kappa shape index (κ2) is 7.55. The molecule has 0 saturated carbocycles. The van der Waals surface area contributed by atoms with Crippen molar-refractivity contribution in [3.63, 3.8) is 0 Å². The molecule has 102 valence electrons. The van der Waals surface area contributed by atoms with Crippen LogP contribution in [-0.2, 0) is 6.42 Å². The normalized spacial score (nSPS) is 13.3. The minimum Gasteiger partial charge on any atom is -0.329 e. The summed E-state index contributed by atoms with van der Waals surface area (Å²) in [5.74, 6) is 0. The van der Waals surface area contributed by atoms with Gasteiger partial charge in [0.1, 0.15) is 0 Å². The molecule has 1 atom stereocenters. The van der Waals surface area contributed by atoms with Gasteiger partial charge in [0.2, 0.25) is 0 Å². The molecule has 0 aliphatic carbocycles. The minimum absolute atomic E-state index is 0.343. The Kier molecular flexibility index (Phi) is 6.37. The summed E-state index contributed by atoms with van der Waals surface area (Å²) in [5, 5.41) is 0. The van der Waals surface area contributed by atoms with Gasteiger partial charge in [0.05, 0.1) is 0 Å². The largest absolute Gasteiger partial charge is 0.329 e. The van der Waals surface area contributed by atoms with Gasteiger partial charge in [0, 0.05) is 18.6 Å². The van der Waals surface area contributed by atoms with Crippen LogP contribution in [0, 0.1) is 0 Å². The fourth-order valence-corrected chi connectivity index (χ4v) is 2.47. The van der Waals surface area contributed by atoms with Crippen LogP contribution in [-0.4, -0.2) is 24.0 Å². The minimum atomic E-state index is 0.343. The fourth-order valence-electron chi connectivity index (χ4n) is 2.47. The fraction of sp³-hybridized carbons (Fsp3) is 0.625. The summed E-state index contributed by atoms with van der Waals surface area (Å²) >= 11 is 0. The van der Waals surface area contributed by atoms with E-state index in [1.54, 1.807) is 0 Å². The Balaban J connectivity index is 2.91. The lowest BCUT2D eigenvalue weighted by Crippen LogP contribution is -2.39. The Hall–Kier alpha value is -0.860. The molecule has 0 spiro atoms. The van der Waals surface area contributed by atoms with E-state index in [2.05, 4.69) is 56.9 Å². The van der Waals surface area contributed by atoms with E-state index < -0.39 is 0 Å². The van der Waals surface area contributed by atoms with E-state index in [4.69, 9.17) is 5.73 Å². The number of hydrogen-bond acceptors (Lipinski definition) is 2. The van der Waals surface area contributed by atoms with Gasteiger partial charge in [-0.3, -0.25) is 4.90 Å². The molecule has 0 fully saturated rings. The molecule has 2 heteroatoms. The van der Waals surface area contributed by atoms with Crippen molar-refractivity contribution in [1.82, 2.24) is 4.90 Å². The first-order valence-corrected chi connectivity index (χ1v) is 7.18. The van der Waals surface area contributed by atoms with Crippen molar-refractivity contribution in [3.8, 4) is 0 Å². The second-order valence-corrected chi connectivity index (χ2v) is 5.18. The van der Waals surface area contributed by atoms with E-state index in [-0.39, 0.29) is 0 Å². The number of hydrogen-bond donors (Lipinski definition) is 1. The van der Waals surface area contributed by atoms with E-state index >= 15 is 0 Å². The summed E-state index contributed by atoms with van der Waals surface area (Å²) in [6, 6.07) is 9.80. The number of aryl methyl sites for hydroxylation is 1. The summed E-state index contributed by atoms with van der Waals surface area (Å²) in [4.78, 5) is 2.50. The van der Waals surface area contributed by atoms with Crippen LogP contribution in [0.25, 0.3) is 0 Å². The highest BCUT2D eigenvalue weighted by Gasteiger charge is 2.20. The van der Waals surface area contributed by atoms with Crippen LogP contribution in [0.15, 0.2) is 24.3 Å². The summed E-state index contributed by atoms with van der Waals surface area (Å²) in [5.41, 5.74) is 8.74. The van der Waals surface area contributed by atoms with Gasteiger partial charge < -0.3 is 5.73 Å². The Bertz CT molecular complexity index is 329. The Morgan fingerprint density at radius 2 is 1.72 bits per heavy atom. The van der Waals surface area contributed by atoms with E-state index in [0.717, 1.165) is 13.0 Å². The van der Waals surface area contributed by atoms with Crippen LogP contribution in [0.5, 0.6) is 0 Å². The van der Waals surface area contributed by atoms with Crippen LogP contribution in [0.1, 0.15) is 51.3 Å². The van der Waals surface area contributed by atoms with Gasteiger partial charge in [0.15, 0.2) is 0 Å². The van der Waals surface area contributed by atoms with E-state index in [9.17, 15) is 0 Å². The molecule has 1 rings (SSSR count). The van der Waals surface area contributed by atoms with Gasteiger partial charge in [-0.15, -0.1) is 0 Å². The lowest BCUT2D eigenvalue weighted by molar-refractivity contribution is 0.157. The number of nitrogens with two attached hydrogens (primary N) is 1. The van der Waals surface area contributed by atoms with Gasteiger partial charge in [-0.05, 0) is 44.4 Å². The first-order valence-electron chi connectivity index (χ1n) is 7.18. The maximum absolute atomic E-state index is 6.00. The SMILES string of the molecule is CCCN(C(C)C)C(CN)c1ccc(CC)cc1. The standard InChI is InChI=1S/C16H28N2/c1-5-11-18(13(3)4)16(12-17)15-9-7-14(6-2)8-10-15/h7-10,13,16H,5-6,11-12,17H2,1-4H3. The molecule has 0 amide bonds. The second-order valence-electron chi connectivity index (χ2n) is 5.18. The average Bonchev–Trinajstić information content (AvgIpc) is 2.39. The van der Waals surface area contributed by atoms with E-state index in [1.807, 2.05) is 0 Å². The van der Waals surface area contributed by atoms with Gasteiger partial charge >= 0.3 is 0 Å². The predicted octanol–water partition coefficient (Wildman–Crippen LogP) is 3.37. The third kappa shape index (κ3) is 3.82. The van der Waals surface area contributed by atoms with Crippen LogP contribution in [0.4, 0.5) is 0 Å². The van der Waals surface area contributed by atoms with Crippen LogP contribution in [0.3, 0.4) is 0 Å². The zero-order chi connectivity index (χ0) is 13.5. The highest BCUT2D eigenvalue weighted by atomic mass is 15.2. The zero-order valence-corrected chi connectivity index (χ0v) is 12.3. The van der Waals surface area contributed by atoms with Crippen molar-refractivity contribution >= 4 is 0 Å². The van der Waals surface area contributed by atoms with Crippen LogP contribution in [0.2, 0.25) is 0 Å². The summed E-state index contributed by atoms with van der Waals surface area (Å²) in [6.07, 6.45) is 2.26. The highest BCUT2D eigenvalue weighted by molar-refractivity contribution is 5.25. The predicted molar refractivity (Wildman–Crippen MR) is 79.7 cm³/mol. The van der Waals surface area contributed by atoms with Crippen molar-refractivity contribution in [2.75, 3.05) is 13.1 Å². The maximum atomic E-state index is 6.00.